The monoisotopic (exact) mass is 452 g/mol. The van der Waals surface area contributed by atoms with Crippen LogP contribution < -0.4 is 24.8 Å². The number of benzene rings is 2. The Labute approximate surface area is 172 Å². The highest BCUT2D eigenvalue weighted by Crippen LogP contribution is 2.29. The predicted molar refractivity (Wildman–Crippen MR) is 113 cm³/mol. The van der Waals surface area contributed by atoms with Crippen LogP contribution in [0.4, 0.5) is 5.69 Å². The first-order valence-corrected chi connectivity index (χ1v) is 9.41. The van der Waals surface area contributed by atoms with Crippen molar-refractivity contribution in [3.63, 3.8) is 0 Å². The van der Waals surface area contributed by atoms with Crippen molar-refractivity contribution < 1.29 is 19.0 Å². The lowest BCUT2D eigenvalue weighted by molar-refractivity contribution is -0.121. The SMILES string of the molecule is CCc1ccc(OCC(=O)NC(=S)Nc2cc(OC)ccc2OC)c(Br)c1. The number of carbonyl (C=O) groups excluding carboxylic acids is 1. The summed E-state index contributed by atoms with van der Waals surface area (Å²) in [6.45, 7) is 1.90. The number of amides is 1. The minimum atomic E-state index is -0.374. The summed E-state index contributed by atoms with van der Waals surface area (Å²) >= 11 is 8.63. The molecular weight excluding hydrogens is 432 g/mol. The lowest BCUT2D eigenvalue weighted by Gasteiger charge is -2.14. The van der Waals surface area contributed by atoms with Gasteiger partial charge in [-0.3, -0.25) is 10.1 Å². The molecule has 0 aromatic heterocycles. The summed E-state index contributed by atoms with van der Waals surface area (Å²) in [6.07, 6.45) is 0.924. The van der Waals surface area contributed by atoms with Crippen molar-refractivity contribution in [3.8, 4) is 17.2 Å². The van der Waals surface area contributed by atoms with Crippen LogP contribution in [0.5, 0.6) is 17.2 Å². The van der Waals surface area contributed by atoms with E-state index in [1.165, 1.54) is 5.56 Å². The van der Waals surface area contributed by atoms with Crippen LogP contribution in [0, 0.1) is 0 Å². The van der Waals surface area contributed by atoms with Crippen LogP contribution in [0.2, 0.25) is 0 Å². The van der Waals surface area contributed by atoms with Crippen LogP contribution >= 0.6 is 28.1 Å². The van der Waals surface area contributed by atoms with E-state index in [1.54, 1.807) is 32.4 Å². The van der Waals surface area contributed by atoms with Crippen molar-refractivity contribution in [2.45, 2.75) is 13.3 Å². The maximum Gasteiger partial charge on any atom is 0.264 e. The smallest absolute Gasteiger partial charge is 0.264 e. The average Bonchev–Trinajstić information content (AvgIpc) is 2.66. The third-order valence-corrected chi connectivity index (χ3v) is 4.49. The van der Waals surface area contributed by atoms with Gasteiger partial charge in [-0.2, -0.15) is 0 Å². The molecule has 0 atom stereocenters. The van der Waals surface area contributed by atoms with Crippen molar-refractivity contribution in [1.82, 2.24) is 5.32 Å². The number of nitrogens with one attached hydrogen (secondary N) is 2. The van der Waals surface area contributed by atoms with Crippen LogP contribution in [-0.4, -0.2) is 31.8 Å². The van der Waals surface area contributed by atoms with Gasteiger partial charge in [0.15, 0.2) is 11.7 Å². The maximum absolute atomic E-state index is 12.1. The maximum atomic E-state index is 12.1. The number of anilines is 1. The van der Waals surface area contributed by atoms with Gasteiger partial charge >= 0.3 is 0 Å². The summed E-state index contributed by atoms with van der Waals surface area (Å²) in [6, 6.07) is 11.0. The molecule has 0 heterocycles. The summed E-state index contributed by atoms with van der Waals surface area (Å²) in [5.74, 6) is 1.43. The summed E-state index contributed by atoms with van der Waals surface area (Å²) < 4.78 is 16.8. The summed E-state index contributed by atoms with van der Waals surface area (Å²) in [4.78, 5) is 12.1. The Bertz CT molecular complexity index is 829. The van der Waals surface area contributed by atoms with Gasteiger partial charge in [0, 0.05) is 6.07 Å². The number of ether oxygens (including phenoxy) is 3. The molecular formula is C19H21BrN2O4S. The quantitative estimate of drug-likeness (QED) is 0.620. The van der Waals surface area contributed by atoms with E-state index >= 15 is 0 Å². The van der Waals surface area contributed by atoms with E-state index in [1.807, 2.05) is 18.2 Å². The zero-order chi connectivity index (χ0) is 19.8. The predicted octanol–water partition coefficient (Wildman–Crippen LogP) is 3.92. The van der Waals surface area contributed by atoms with E-state index in [-0.39, 0.29) is 17.6 Å². The van der Waals surface area contributed by atoms with E-state index in [0.717, 1.165) is 10.9 Å². The first kappa shape index (κ1) is 21.0. The average molecular weight is 453 g/mol. The largest absolute Gasteiger partial charge is 0.497 e. The Hall–Kier alpha value is -2.32. The van der Waals surface area contributed by atoms with Gasteiger partial charge in [0.05, 0.1) is 24.4 Å². The molecule has 0 unspecified atom stereocenters. The Morgan fingerprint density at radius 2 is 1.85 bits per heavy atom. The van der Waals surface area contributed by atoms with E-state index in [4.69, 9.17) is 26.4 Å². The van der Waals surface area contributed by atoms with Crippen molar-refractivity contribution in [1.29, 1.82) is 0 Å². The van der Waals surface area contributed by atoms with Crippen LogP contribution in [0.15, 0.2) is 40.9 Å². The molecule has 0 radical (unpaired) electrons. The van der Waals surface area contributed by atoms with E-state index in [9.17, 15) is 4.79 Å². The molecule has 0 spiro atoms. The number of aryl methyl sites for hydroxylation is 1. The fraction of sp³-hybridized carbons (Fsp3) is 0.263. The van der Waals surface area contributed by atoms with E-state index < -0.39 is 0 Å². The first-order valence-electron chi connectivity index (χ1n) is 8.21. The van der Waals surface area contributed by atoms with Gasteiger partial charge in [0.25, 0.3) is 5.91 Å². The van der Waals surface area contributed by atoms with Crippen LogP contribution in [0.3, 0.4) is 0 Å². The molecule has 0 aliphatic rings. The molecule has 0 aliphatic heterocycles. The second-order valence-electron chi connectivity index (χ2n) is 5.48. The standard InChI is InChI=1S/C19H21BrN2O4S/c1-4-12-5-7-16(14(20)9-12)26-11-18(23)22-19(27)21-15-10-13(24-2)6-8-17(15)25-3/h5-10H,4,11H2,1-3H3,(H2,21,22,23,27). The van der Waals surface area contributed by atoms with Gasteiger partial charge < -0.3 is 19.5 Å². The molecule has 0 bridgehead atoms. The third kappa shape index (κ3) is 6.11. The molecule has 2 aromatic rings. The van der Waals surface area contributed by atoms with E-state index in [2.05, 4.69) is 33.5 Å². The molecule has 27 heavy (non-hydrogen) atoms. The number of hydrogen-bond donors (Lipinski definition) is 2. The normalized spacial score (nSPS) is 10.1. The number of rotatable bonds is 7. The Morgan fingerprint density at radius 3 is 2.48 bits per heavy atom. The lowest BCUT2D eigenvalue weighted by atomic mass is 10.2. The van der Waals surface area contributed by atoms with Crippen LogP contribution in [0.1, 0.15) is 12.5 Å². The topological polar surface area (TPSA) is 68.8 Å². The van der Waals surface area contributed by atoms with Gasteiger partial charge in [-0.15, -0.1) is 0 Å². The lowest BCUT2D eigenvalue weighted by Crippen LogP contribution is -2.37. The Kier molecular flexibility index (Phi) is 7.87. The second kappa shape index (κ2) is 10.1. The fourth-order valence-corrected chi connectivity index (χ4v) is 3.02. The minimum absolute atomic E-state index is 0.135. The highest BCUT2D eigenvalue weighted by Gasteiger charge is 2.11. The number of thiocarbonyl (C=S) groups is 1. The molecule has 1 amide bonds. The molecule has 144 valence electrons. The number of methoxy groups -OCH3 is 2. The zero-order valence-corrected chi connectivity index (χ0v) is 17.7. The second-order valence-corrected chi connectivity index (χ2v) is 6.74. The van der Waals surface area contributed by atoms with Gasteiger partial charge in [-0.25, -0.2) is 0 Å². The molecule has 8 heteroatoms. The Morgan fingerprint density at radius 1 is 1.11 bits per heavy atom. The number of hydrogen-bond acceptors (Lipinski definition) is 5. The van der Waals surface area contributed by atoms with Crippen LogP contribution in [-0.2, 0) is 11.2 Å². The van der Waals surface area contributed by atoms with Gasteiger partial charge in [0.2, 0.25) is 0 Å². The Balaban J connectivity index is 1.91. The van der Waals surface area contributed by atoms with Crippen molar-refractivity contribution in [3.05, 3.63) is 46.4 Å². The van der Waals surface area contributed by atoms with Gasteiger partial charge in [-0.05, 0) is 64.4 Å². The third-order valence-electron chi connectivity index (χ3n) is 3.67. The van der Waals surface area contributed by atoms with Crippen LogP contribution in [0.25, 0.3) is 0 Å². The molecule has 2 rings (SSSR count). The highest BCUT2D eigenvalue weighted by molar-refractivity contribution is 9.10. The van der Waals surface area contributed by atoms with Crippen molar-refractivity contribution >= 4 is 44.9 Å². The highest BCUT2D eigenvalue weighted by atomic mass is 79.9. The first-order chi connectivity index (χ1) is 13.0. The minimum Gasteiger partial charge on any atom is -0.497 e. The zero-order valence-electron chi connectivity index (χ0n) is 15.3. The molecule has 6 nitrogen and oxygen atoms in total. The molecule has 2 aromatic carbocycles. The number of carbonyl (C=O) groups is 1. The fourth-order valence-electron chi connectivity index (χ4n) is 2.25. The van der Waals surface area contributed by atoms with Gasteiger partial charge in [-0.1, -0.05) is 13.0 Å². The molecule has 0 saturated heterocycles. The number of halogens is 1. The van der Waals surface area contributed by atoms with Crippen molar-refractivity contribution in [2.75, 3.05) is 26.1 Å². The summed E-state index contributed by atoms with van der Waals surface area (Å²) in [5, 5.41) is 5.63. The van der Waals surface area contributed by atoms with Crippen molar-refractivity contribution in [2.24, 2.45) is 0 Å². The molecule has 0 saturated carbocycles. The summed E-state index contributed by atoms with van der Waals surface area (Å²) in [5.41, 5.74) is 1.76. The summed E-state index contributed by atoms with van der Waals surface area (Å²) in [7, 11) is 3.11. The van der Waals surface area contributed by atoms with Gasteiger partial charge in [0.1, 0.15) is 17.2 Å². The molecule has 2 N–H and O–H groups in total. The molecule has 0 aliphatic carbocycles. The molecule has 0 fully saturated rings. The van der Waals surface area contributed by atoms with E-state index in [0.29, 0.717) is 22.9 Å².